The molecule has 1 fully saturated rings. The third-order valence-corrected chi connectivity index (χ3v) is 4.81. The van der Waals surface area contributed by atoms with E-state index in [-0.39, 0.29) is 0 Å². The molecule has 0 saturated carbocycles. The number of rotatable bonds is 5. The maximum absolute atomic E-state index is 11.6. The largest absolute Gasteiger partial charge is 0.481 e. The summed E-state index contributed by atoms with van der Waals surface area (Å²) in [5.74, 6) is -0.681. The fraction of sp³-hybridized carbons (Fsp3) is 0.533. The minimum Gasteiger partial charge on any atom is -0.481 e. The molecule has 0 radical (unpaired) electrons. The van der Waals surface area contributed by atoms with E-state index in [1.165, 1.54) is 9.75 Å². The Bertz CT molecular complexity index is 468. The highest BCUT2D eigenvalue weighted by atomic mass is 32.1. The van der Waals surface area contributed by atoms with Crippen molar-refractivity contribution in [1.29, 1.82) is 0 Å². The molecule has 0 aromatic carbocycles. The van der Waals surface area contributed by atoms with E-state index in [4.69, 9.17) is 0 Å². The van der Waals surface area contributed by atoms with E-state index in [1.807, 2.05) is 0 Å². The van der Waals surface area contributed by atoms with Crippen LogP contribution in [0.15, 0.2) is 24.8 Å². The van der Waals surface area contributed by atoms with E-state index in [2.05, 4.69) is 30.5 Å². The molecule has 1 aliphatic rings. The van der Waals surface area contributed by atoms with Crippen LogP contribution in [0.1, 0.15) is 29.0 Å². The Morgan fingerprint density at radius 1 is 1.63 bits per heavy atom. The molecular weight excluding hydrogens is 258 g/mol. The molecule has 1 aromatic heterocycles. The number of hydrogen-bond donors (Lipinski definition) is 1. The molecule has 104 valence electrons. The molecule has 1 aromatic rings. The second kappa shape index (κ2) is 5.88. The van der Waals surface area contributed by atoms with Gasteiger partial charge in [0.05, 0.1) is 5.41 Å². The summed E-state index contributed by atoms with van der Waals surface area (Å²) in [5, 5.41) is 9.54. The summed E-state index contributed by atoms with van der Waals surface area (Å²) in [6.07, 6.45) is 4.01. The minimum absolute atomic E-state index is 0.558. The number of carboxylic acids is 1. The lowest BCUT2D eigenvalue weighted by Gasteiger charge is -2.39. The van der Waals surface area contributed by atoms with Gasteiger partial charge in [0, 0.05) is 22.8 Å². The molecule has 0 aliphatic carbocycles. The molecule has 0 unspecified atom stereocenters. The Morgan fingerprint density at radius 2 is 2.42 bits per heavy atom. The highest BCUT2D eigenvalue weighted by molar-refractivity contribution is 7.11. The SMILES string of the molecule is C=CC[C@]1(C(=O)O)CCCN(Cc2ccc(C)s2)C1. The summed E-state index contributed by atoms with van der Waals surface area (Å²) in [6.45, 7) is 8.30. The molecule has 19 heavy (non-hydrogen) atoms. The normalized spacial score (nSPS) is 24.3. The van der Waals surface area contributed by atoms with Crippen molar-refractivity contribution < 1.29 is 9.90 Å². The van der Waals surface area contributed by atoms with Gasteiger partial charge in [-0.3, -0.25) is 9.69 Å². The number of carbonyl (C=O) groups is 1. The van der Waals surface area contributed by atoms with Crippen LogP contribution >= 0.6 is 11.3 Å². The van der Waals surface area contributed by atoms with Gasteiger partial charge < -0.3 is 5.11 Å². The summed E-state index contributed by atoms with van der Waals surface area (Å²) in [5.41, 5.74) is -0.633. The van der Waals surface area contributed by atoms with Crippen LogP contribution in [0.2, 0.25) is 0 Å². The van der Waals surface area contributed by atoms with Crippen LogP contribution in [-0.2, 0) is 11.3 Å². The third kappa shape index (κ3) is 3.25. The Hall–Kier alpha value is -1.13. The zero-order valence-corrected chi connectivity index (χ0v) is 12.2. The molecule has 0 bridgehead atoms. The number of aliphatic carboxylic acids is 1. The minimum atomic E-state index is -0.681. The quantitative estimate of drug-likeness (QED) is 0.841. The van der Waals surface area contributed by atoms with Crippen molar-refractivity contribution in [2.75, 3.05) is 13.1 Å². The Labute approximate surface area is 118 Å². The van der Waals surface area contributed by atoms with E-state index >= 15 is 0 Å². The number of thiophene rings is 1. The van der Waals surface area contributed by atoms with Crippen LogP contribution in [0.5, 0.6) is 0 Å². The number of nitrogens with zero attached hydrogens (tertiary/aromatic N) is 1. The molecule has 2 heterocycles. The van der Waals surface area contributed by atoms with Gasteiger partial charge >= 0.3 is 5.97 Å². The lowest BCUT2D eigenvalue weighted by molar-refractivity contribution is -0.152. The molecule has 4 heteroatoms. The van der Waals surface area contributed by atoms with E-state index in [0.29, 0.717) is 13.0 Å². The van der Waals surface area contributed by atoms with E-state index in [1.54, 1.807) is 17.4 Å². The van der Waals surface area contributed by atoms with Crippen LogP contribution in [0.25, 0.3) is 0 Å². The maximum Gasteiger partial charge on any atom is 0.311 e. The van der Waals surface area contributed by atoms with Gasteiger partial charge in [-0.2, -0.15) is 0 Å². The first-order valence-corrected chi connectivity index (χ1v) is 7.49. The molecule has 3 nitrogen and oxygen atoms in total. The number of piperidine rings is 1. The third-order valence-electron chi connectivity index (χ3n) is 3.82. The molecule has 2 rings (SSSR count). The van der Waals surface area contributed by atoms with E-state index < -0.39 is 11.4 Å². The average Bonchev–Trinajstić information content (AvgIpc) is 2.75. The van der Waals surface area contributed by atoms with Crippen molar-refractivity contribution in [2.45, 2.75) is 32.7 Å². The molecular formula is C15H21NO2S. The predicted molar refractivity (Wildman–Crippen MR) is 78.4 cm³/mol. The van der Waals surface area contributed by atoms with Crippen LogP contribution in [0, 0.1) is 12.3 Å². The number of allylic oxidation sites excluding steroid dienone is 1. The fourth-order valence-electron chi connectivity index (χ4n) is 2.86. The molecule has 1 aliphatic heterocycles. The number of likely N-dealkylation sites (tertiary alicyclic amines) is 1. The first kappa shape index (κ1) is 14.3. The lowest BCUT2D eigenvalue weighted by atomic mass is 9.77. The van der Waals surface area contributed by atoms with Gasteiger partial charge in [-0.25, -0.2) is 0 Å². The second-order valence-corrected chi connectivity index (χ2v) is 6.78. The first-order chi connectivity index (χ1) is 9.05. The summed E-state index contributed by atoms with van der Waals surface area (Å²) in [7, 11) is 0. The van der Waals surface area contributed by atoms with E-state index in [0.717, 1.165) is 25.9 Å². The summed E-state index contributed by atoms with van der Waals surface area (Å²) in [6, 6.07) is 4.27. The Kier molecular flexibility index (Phi) is 4.42. The van der Waals surface area contributed by atoms with Gasteiger partial charge in [0.2, 0.25) is 0 Å². The van der Waals surface area contributed by atoms with Crippen LogP contribution in [0.4, 0.5) is 0 Å². The van der Waals surface area contributed by atoms with Crippen LogP contribution < -0.4 is 0 Å². The van der Waals surface area contributed by atoms with Crippen LogP contribution in [0.3, 0.4) is 0 Å². The van der Waals surface area contributed by atoms with Gasteiger partial charge in [-0.15, -0.1) is 17.9 Å². The number of hydrogen-bond acceptors (Lipinski definition) is 3. The summed E-state index contributed by atoms with van der Waals surface area (Å²) in [4.78, 5) is 16.5. The maximum atomic E-state index is 11.6. The topological polar surface area (TPSA) is 40.5 Å². The molecule has 1 saturated heterocycles. The van der Waals surface area contributed by atoms with Gasteiger partial charge in [-0.05, 0) is 44.9 Å². The van der Waals surface area contributed by atoms with Crippen LogP contribution in [-0.4, -0.2) is 29.1 Å². The zero-order valence-electron chi connectivity index (χ0n) is 11.4. The smallest absolute Gasteiger partial charge is 0.311 e. The van der Waals surface area contributed by atoms with E-state index in [9.17, 15) is 9.90 Å². The molecule has 0 amide bonds. The first-order valence-electron chi connectivity index (χ1n) is 6.68. The lowest BCUT2D eigenvalue weighted by Crippen LogP contribution is -2.47. The van der Waals surface area contributed by atoms with Crippen molar-refractivity contribution >= 4 is 17.3 Å². The monoisotopic (exact) mass is 279 g/mol. The van der Waals surface area contributed by atoms with Crippen molar-refractivity contribution in [2.24, 2.45) is 5.41 Å². The standard InChI is InChI=1S/C15H21NO2S/c1-3-7-15(14(17)18)8-4-9-16(11-15)10-13-6-5-12(2)19-13/h3,5-6H,1,4,7-11H2,2H3,(H,17,18)/t15-/m0/s1. The highest BCUT2D eigenvalue weighted by Gasteiger charge is 2.41. The molecule has 1 atom stereocenters. The number of carboxylic acid groups (broad SMARTS) is 1. The van der Waals surface area contributed by atoms with Crippen molar-refractivity contribution in [3.05, 3.63) is 34.5 Å². The van der Waals surface area contributed by atoms with Crippen molar-refractivity contribution in [3.8, 4) is 0 Å². The van der Waals surface area contributed by atoms with Gasteiger partial charge in [0.15, 0.2) is 0 Å². The van der Waals surface area contributed by atoms with Gasteiger partial charge in [0.25, 0.3) is 0 Å². The average molecular weight is 279 g/mol. The molecule has 1 N–H and O–H groups in total. The number of aryl methyl sites for hydroxylation is 1. The van der Waals surface area contributed by atoms with Gasteiger partial charge in [0.1, 0.15) is 0 Å². The Balaban J connectivity index is 2.07. The predicted octanol–water partition coefficient (Wildman–Crippen LogP) is 3.30. The highest BCUT2D eigenvalue weighted by Crippen LogP contribution is 2.35. The summed E-state index contributed by atoms with van der Waals surface area (Å²) < 4.78 is 0. The summed E-state index contributed by atoms with van der Waals surface area (Å²) >= 11 is 1.79. The zero-order chi connectivity index (χ0) is 13.9. The van der Waals surface area contributed by atoms with Crippen molar-refractivity contribution in [3.63, 3.8) is 0 Å². The second-order valence-electron chi connectivity index (χ2n) is 5.40. The Morgan fingerprint density at radius 3 is 3.00 bits per heavy atom. The molecule has 0 spiro atoms. The fourth-order valence-corrected chi connectivity index (χ4v) is 3.79. The van der Waals surface area contributed by atoms with Crippen molar-refractivity contribution in [1.82, 2.24) is 4.90 Å². The van der Waals surface area contributed by atoms with Gasteiger partial charge in [-0.1, -0.05) is 6.08 Å².